The van der Waals surface area contributed by atoms with Crippen molar-refractivity contribution in [1.29, 1.82) is 0 Å². The van der Waals surface area contributed by atoms with Gasteiger partial charge in [-0.05, 0) is 151 Å². The summed E-state index contributed by atoms with van der Waals surface area (Å²) in [5.41, 5.74) is 1.97. The van der Waals surface area contributed by atoms with E-state index in [4.69, 9.17) is 17.1 Å². The molecule has 10 heteroatoms. The second-order valence-electron chi connectivity index (χ2n) is 17.8. The fourth-order valence-electron chi connectivity index (χ4n) is 7.88. The molecule has 0 N–H and O–H groups in total. The van der Waals surface area contributed by atoms with E-state index in [1.165, 1.54) is 62.7 Å². The quantitative estimate of drug-likeness (QED) is 0.136. The summed E-state index contributed by atoms with van der Waals surface area (Å²) in [7, 11) is -6.61. The van der Waals surface area contributed by atoms with Gasteiger partial charge in [0.25, 0.3) is 0 Å². The van der Waals surface area contributed by atoms with Crippen LogP contribution in [0, 0.1) is 23.7 Å². The zero-order valence-electron chi connectivity index (χ0n) is 29.7. The summed E-state index contributed by atoms with van der Waals surface area (Å²) in [6.45, 7) is 28.7. The van der Waals surface area contributed by atoms with E-state index in [2.05, 4.69) is 79.3 Å². The third kappa shape index (κ3) is 12.8. The molecule has 3 saturated carbocycles. The zero-order valence-corrected chi connectivity index (χ0v) is 36.7. The molecule has 0 bridgehead atoms. The molecule has 0 radical (unpaired) electrons. The minimum atomic E-state index is -1.59. The van der Waals surface area contributed by atoms with Crippen molar-refractivity contribution in [3.63, 3.8) is 0 Å². The SMILES string of the molecule is CC(C)[Si](C)(C)O[Si](C)(C)CCC1CCC2CC2C1.C[Si](C)(C[Si](C)(C)O[Si](C)(C)CCC1CCC2OC2C1)O[SiH3]. The van der Waals surface area contributed by atoms with Crippen LogP contribution in [0.5, 0.6) is 0 Å². The third-order valence-corrected chi connectivity index (χ3v) is 36.7. The van der Waals surface area contributed by atoms with E-state index >= 15 is 0 Å². The Balaban J connectivity index is 0.000000228. The van der Waals surface area contributed by atoms with Crippen LogP contribution in [0.25, 0.3) is 0 Å². The lowest BCUT2D eigenvalue weighted by Gasteiger charge is -2.38. The Morgan fingerprint density at radius 1 is 0.634 bits per heavy atom. The highest BCUT2D eigenvalue weighted by Gasteiger charge is 2.45. The fourth-order valence-corrected chi connectivity index (χ4v) is 34.5. The van der Waals surface area contributed by atoms with E-state index < -0.39 is 41.6 Å². The van der Waals surface area contributed by atoms with Gasteiger partial charge in [-0.3, -0.25) is 0 Å². The highest BCUT2D eigenvalue weighted by molar-refractivity contribution is 6.94. The Morgan fingerprint density at radius 3 is 1.73 bits per heavy atom. The molecular formula is C31H70O4Si6. The largest absolute Gasteiger partial charge is 0.464 e. The fraction of sp³-hybridized carbons (Fsp3) is 1.00. The predicted molar refractivity (Wildman–Crippen MR) is 194 cm³/mol. The monoisotopic (exact) mass is 674 g/mol. The Hall–Kier alpha value is 1.14. The maximum Gasteiger partial charge on any atom is 0.176 e. The molecule has 41 heavy (non-hydrogen) atoms. The van der Waals surface area contributed by atoms with Crippen LogP contribution in [-0.2, 0) is 17.1 Å². The van der Waals surface area contributed by atoms with Gasteiger partial charge in [0.05, 0.1) is 12.2 Å². The number of ether oxygens (including phenoxy) is 1. The molecule has 242 valence electrons. The van der Waals surface area contributed by atoms with E-state index in [-0.39, 0.29) is 0 Å². The molecule has 4 aliphatic rings. The predicted octanol–water partition coefficient (Wildman–Crippen LogP) is 9.06. The molecule has 4 rings (SSSR count). The lowest BCUT2D eigenvalue weighted by atomic mass is 9.87. The van der Waals surface area contributed by atoms with Crippen LogP contribution in [-0.4, -0.2) is 64.3 Å². The van der Waals surface area contributed by atoms with E-state index in [1.807, 2.05) is 0 Å². The third-order valence-electron chi connectivity index (χ3n) is 11.0. The van der Waals surface area contributed by atoms with Crippen molar-refractivity contribution in [2.75, 3.05) is 0 Å². The molecule has 1 aliphatic heterocycles. The number of rotatable bonds is 14. The van der Waals surface area contributed by atoms with Crippen molar-refractivity contribution in [3.8, 4) is 0 Å². The Bertz CT molecular complexity index is 833. The van der Waals surface area contributed by atoms with Crippen molar-refractivity contribution in [2.24, 2.45) is 23.7 Å². The summed E-state index contributed by atoms with van der Waals surface area (Å²) in [6.07, 6.45) is 14.2. The Morgan fingerprint density at radius 2 is 1.20 bits per heavy atom. The van der Waals surface area contributed by atoms with E-state index in [9.17, 15) is 0 Å². The normalized spacial score (nSPS) is 30.4. The average Bonchev–Trinajstić information content (AvgIpc) is 3.74. The van der Waals surface area contributed by atoms with Crippen LogP contribution in [0.1, 0.15) is 71.6 Å². The lowest BCUT2D eigenvalue weighted by Crippen LogP contribution is -2.50. The smallest absolute Gasteiger partial charge is 0.176 e. The van der Waals surface area contributed by atoms with Crippen LogP contribution in [0.3, 0.4) is 0 Å². The standard InChI is InChI=1S/C16H34OSi2.C15H36O3Si4/c1-13(2)19(5,6)17-18(3,4)10-9-14-7-8-15-12-16(15)11-14;1-20(2,18-22(5,6)12-21(3,4)17-19)10-9-13-7-8-14-15(11-13)16-14/h13-16H,7-12H2,1-6H3;13-15H,7-12H2,1-6,19H3. The van der Waals surface area contributed by atoms with Gasteiger partial charge in [-0.25, -0.2) is 0 Å². The van der Waals surface area contributed by atoms with Gasteiger partial charge in [0.2, 0.25) is 0 Å². The van der Waals surface area contributed by atoms with Gasteiger partial charge in [0.1, 0.15) is 10.5 Å². The summed E-state index contributed by atoms with van der Waals surface area (Å²) in [4.78, 5) is 0. The maximum absolute atomic E-state index is 6.81. The number of epoxide rings is 1. The number of fused-ring (bicyclic) bond motifs is 2. The molecule has 0 amide bonds. The summed E-state index contributed by atoms with van der Waals surface area (Å²) < 4.78 is 25.1. The first-order valence-electron chi connectivity index (χ1n) is 17.3. The molecule has 4 fully saturated rings. The molecule has 3 aliphatic carbocycles. The minimum absolute atomic E-state index is 0.618. The molecule has 6 unspecified atom stereocenters. The Labute approximate surface area is 264 Å². The zero-order chi connectivity index (χ0) is 30.9. The number of hydrogen-bond acceptors (Lipinski definition) is 4. The first-order chi connectivity index (χ1) is 18.7. The molecule has 1 heterocycles. The van der Waals surface area contributed by atoms with E-state index in [0.29, 0.717) is 12.2 Å². The van der Waals surface area contributed by atoms with Gasteiger partial charge in [-0.15, -0.1) is 0 Å². The average molecular weight is 675 g/mol. The van der Waals surface area contributed by atoms with Crippen LogP contribution in [0.15, 0.2) is 0 Å². The van der Waals surface area contributed by atoms with Gasteiger partial charge in [-0.1, -0.05) is 33.1 Å². The summed E-state index contributed by atoms with van der Waals surface area (Å²) >= 11 is 0. The van der Waals surface area contributed by atoms with Crippen molar-refractivity contribution < 1.29 is 17.1 Å². The topological polar surface area (TPSA) is 40.2 Å². The van der Waals surface area contributed by atoms with Gasteiger partial charge in [0.15, 0.2) is 41.6 Å². The summed E-state index contributed by atoms with van der Waals surface area (Å²) in [5, 5.41) is 0. The van der Waals surface area contributed by atoms with Crippen molar-refractivity contribution in [1.82, 2.24) is 0 Å². The molecule has 0 aromatic carbocycles. The first-order valence-corrected chi connectivity index (χ1v) is 33.6. The number of hydrogen-bond donors (Lipinski definition) is 0. The lowest BCUT2D eigenvalue weighted by molar-refractivity contribution is 0.331. The van der Waals surface area contributed by atoms with Crippen LogP contribution >= 0.6 is 0 Å². The van der Waals surface area contributed by atoms with Gasteiger partial charge < -0.3 is 17.1 Å². The molecule has 4 nitrogen and oxygen atoms in total. The van der Waals surface area contributed by atoms with E-state index in [1.54, 1.807) is 12.8 Å². The van der Waals surface area contributed by atoms with Crippen molar-refractivity contribution in [3.05, 3.63) is 0 Å². The molecular weight excluding hydrogens is 605 g/mol. The van der Waals surface area contributed by atoms with Crippen molar-refractivity contribution in [2.45, 2.75) is 173 Å². The molecule has 0 aromatic rings. The van der Waals surface area contributed by atoms with Crippen LogP contribution in [0.2, 0.25) is 88.8 Å². The first kappa shape index (κ1) is 36.6. The van der Waals surface area contributed by atoms with E-state index in [0.717, 1.165) is 39.7 Å². The molecule has 0 spiro atoms. The molecule has 1 saturated heterocycles. The highest BCUT2D eigenvalue weighted by Crippen LogP contribution is 2.52. The molecule has 6 atom stereocenters. The van der Waals surface area contributed by atoms with Crippen molar-refractivity contribution >= 4 is 52.1 Å². The van der Waals surface area contributed by atoms with Gasteiger partial charge >= 0.3 is 0 Å². The molecule has 0 aromatic heterocycles. The second-order valence-corrected chi connectivity index (χ2v) is 41.9. The minimum Gasteiger partial charge on any atom is -0.464 e. The summed E-state index contributed by atoms with van der Waals surface area (Å²) in [5.74, 6) is 4.19. The maximum atomic E-state index is 6.81. The summed E-state index contributed by atoms with van der Waals surface area (Å²) in [6, 6.07) is 2.70. The Kier molecular flexibility index (Phi) is 12.7. The van der Waals surface area contributed by atoms with Crippen LogP contribution in [0.4, 0.5) is 0 Å². The van der Waals surface area contributed by atoms with Gasteiger partial charge in [0, 0.05) is 0 Å². The highest BCUT2D eigenvalue weighted by atomic mass is 28.5. The van der Waals surface area contributed by atoms with Crippen LogP contribution < -0.4 is 0 Å². The second kappa shape index (κ2) is 14.3. The van der Waals surface area contributed by atoms with Gasteiger partial charge in [-0.2, -0.15) is 0 Å².